The SMILES string of the molecule is c1cc(-c2ccc3sc4ncc(-c5cccc(-c6cccc7c6oc6ccc8ccccc8c67)c5)nc4c3c2)cc(-c2cccc3c2oc2ccc4ccccc4c23)c1. The number of thiophene rings is 1. The van der Waals surface area contributed by atoms with Crippen LogP contribution in [0.3, 0.4) is 0 Å². The van der Waals surface area contributed by atoms with E-state index in [1.807, 2.05) is 6.20 Å². The molecule has 0 aliphatic carbocycles. The van der Waals surface area contributed by atoms with E-state index in [4.69, 9.17) is 18.8 Å². The van der Waals surface area contributed by atoms with Gasteiger partial charge >= 0.3 is 0 Å². The van der Waals surface area contributed by atoms with Crippen LogP contribution in [-0.2, 0) is 0 Å². The Labute approximate surface area is 341 Å². The van der Waals surface area contributed by atoms with Gasteiger partial charge in [-0.3, -0.25) is 0 Å². The molecule has 0 N–H and O–H groups in total. The predicted molar refractivity (Wildman–Crippen MR) is 246 cm³/mol. The van der Waals surface area contributed by atoms with Crippen molar-refractivity contribution in [3.8, 4) is 44.6 Å². The Bertz CT molecular complexity index is 3620. The van der Waals surface area contributed by atoms with Crippen LogP contribution in [0.25, 0.3) is 130 Å². The molecule has 13 rings (SSSR count). The molecule has 0 saturated carbocycles. The third-order valence-corrected chi connectivity index (χ3v) is 13.0. The summed E-state index contributed by atoms with van der Waals surface area (Å²) in [5.41, 5.74) is 12.9. The van der Waals surface area contributed by atoms with Crippen molar-refractivity contribution in [1.29, 1.82) is 0 Å². The second-order valence-electron chi connectivity index (χ2n) is 15.3. The summed E-state index contributed by atoms with van der Waals surface area (Å²) in [6.45, 7) is 0. The Morgan fingerprint density at radius 1 is 0.407 bits per heavy atom. The number of nitrogens with zero attached hydrogens (tertiary/aromatic N) is 2. The first-order chi connectivity index (χ1) is 29.2. The Morgan fingerprint density at radius 2 is 0.949 bits per heavy atom. The third-order valence-electron chi connectivity index (χ3n) is 11.9. The lowest BCUT2D eigenvalue weighted by Crippen LogP contribution is -1.88. The van der Waals surface area contributed by atoms with E-state index in [1.54, 1.807) is 11.3 Å². The minimum Gasteiger partial charge on any atom is -0.455 e. The van der Waals surface area contributed by atoms with Crippen molar-refractivity contribution in [2.75, 3.05) is 0 Å². The van der Waals surface area contributed by atoms with Crippen LogP contribution in [0.1, 0.15) is 0 Å². The predicted octanol–water partition coefficient (Wildman–Crippen LogP) is 15.6. The van der Waals surface area contributed by atoms with Gasteiger partial charge in [-0.2, -0.15) is 0 Å². The molecular weight excluding hydrogens is 741 g/mol. The number of para-hydroxylation sites is 2. The molecule has 4 nitrogen and oxygen atoms in total. The fraction of sp³-hybridized carbons (Fsp3) is 0. The summed E-state index contributed by atoms with van der Waals surface area (Å²) < 4.78 is 14.3. The quantitative estimate of drug-likeness (QED) is 0.179. The van der Waals surface area contributed by atoms with E-state index in [0.29, 0.717) is 0 Å². The zero-order chi connectivity index (χ0) is 38.6. The molecule has 0 atom stereocenters. The Kier molecular flexibility index (Phi) is 6.85. The van der Waals surface area contributed by atoms with Crippen LogP contribution in [0, 0.1) is 0 Å². The number of fused-ring (bicyclic) bond motifs is 13. The fourth-order valence-corrected chi connectivity index (χ4v) is 10.1. The second kappa shape index (κ2) is 12.4. The number of benzene rings is 9. The van der Waals surface area contributed by atoms with Gasteiger partial charge in [0.2, 0.25) is 0 Å². The van der Waals surface area contributed by atoms with Gasteiger partial charge in [0.15, 0.2) is 0 Å². The number of furan rings is 2. The summed E-state index contributed by atoms with van der Waals surface area (Å²) in [6.07, 6.45) is 1.90. The molecule has 0 aliphatic heterocycles. The first kappa shape index (κ1) is 32.5. The summed E-state index contributed by atoms with van der Waals surface area (Å²) >= 11 is 1.68. The van der Waals surface area contributed by atoms with E-state index in [2.05, 4.69) is 176 Å². The maximum absolute atomic E-state index is 6.59. The lowest BCUT2D eigenvalue weighted by molar-refractivity contribution is 0.670. The van der Waals surface area contributed by atoms with Gasteiger partial charge in [0.05, 0.1) is 11.9 Å². The van der Waals surface area contributed by atoms with Crippen LogP contribution in [0.15, 0.2) is 191 Å². The van der Waals surface area contributed by atoms with Crippen LogP contribution < -0.4 is 0 Å². The van der Waals surface area contributed by atoms with E-state index in [-0.39, 0.29) is 0 Å². The van der Waals surface area contributed by atoms with Crippen molar-refractivity contribution in [3.05, 3.63) is 182 Å². The van der Waals surface area contributed by atoms with Gasteiger partial charge in [-0.15, -0.1) is 11.3 Å². The van der Waals surface area contributed by atoms with E-state index < -0.39 is 0 Å². The molecule has 9 aromatic carbocycles. The molecule has 4 aromatic heterocycles. The highest BCUT2D eigenvalue weighted by Crippen LogP contribution is 2.43. The van der Waals surface area contributed by atoms with Gasteiger partial charge in [0.25, 0.3) is 0 Å². The second-order valence-corrected chi connectivity index (χ2v) is 16.3. The van der Waals surface area contributed by atoms with Gasteiger partial charge < -0.3 is 8.83 Å². The summed E-state index contributed by atoms with van der Waals surface area (Å²) in [4.78, 5) is 11.2. The standard InChI is InChI=1S/C54H30N2O2S/c1-3-15-38-31(9-1)21-24-46-49(38)42-19-7-17-40(52(42)57-46)35-12-5-11-33(27-35)34-23-26-48-44(29-34)51-54(59-48)55-30-45(56-51)37-14-6-13-36(28-37)41-18-8-20-43-50-39-16-4-2-10-32(39)22-25-47(50)58-53(41)43/h1-30H. The molecule has 4 heterocycles. The monoisotopic (exact) mass is 770 g/mol. The summed E-state index contributed by atoms with van der Waals surface area (Å²) in [6, 6.07) is 62.3. The highest BCUT2D eigenvalue weighted by Gasteiger charge is 2.18. The minimum atomic E-state index is 0.834. The molecule has 274 valence electrons. The molecule has 5 heteroatoms. The van der Waals surface area contributed by atoms with Crippen molar-refractivity contribution in [3.63, 3.8) is 0 Å². The van der Waals surface area contributed by atoms with Gasteiger partial charge in [0.1, 0.15) is 32.7 Å². The number of rotatable bonds is 4. The highest BCUT2D eigenvalue weighted by molar-refractivity contribution is 7.25. The lowest BCUT2D eigenvalue weighted by atomic mass is 9.96. The molecule has 0 fully saturated rings. The molecule has 0 spiro atoms. The lowest BCUT2D eigenvalue weighted by Gasteiger charge is -2.08. The fourth-order valence-electron chi connectivity index (χ4n) is 9.16. The number of hydrogen-bond donors (Lipinski definition) is 0. The van der Waals surface area contributed by atoms with Crippen LogP contribution >= 0.6 is 11.3 Å². The molecule has 0 amide bonds. The number of aromatic nitrogens is 2. The maximum Gasteiger partial charge on any atom is 0.143 e. The summed E-state index contributed by atoms with van der Waals surface area (Å²) in [5.74, 6) is 0. The summed E-state index contributed by atoms with van der Waals surface area (Å²) in [7, 11) is 0. The van der Waals surface area contributed by atoms with E-state index >= 15 is 0 Å². The molecule has 59 heavy (non-hydrogen) atoms. The Morgan fingerprint density at radius 3 is 1.61 bits per heavy atom. The van der Waals surface area contributed by atoms with Crippen molar-refractivity contribution >= 4 is 97.2 Å². The topological polar surface area (TPSA) is 52.1 Å². The largest absolute Gasteiger partial charge is 0.455 e. The molecular formula is C54H30N2O2S. The average molecular weight is 771 g/mol. The van der Waals surface area contributed by atoms with E-state index in [0.717, 1.165) is 109 Å². The third kappa shape index (κ3) is 4.95. The van der Waals surface area contributed by atoms with Crippen molar-refractivity contribution in [1.82, 2.24) is 9.97 Å². The Hall–Kier alpha value is -7.60. The molecule has 13 aromatic rings. The van der Waals surface area contributed by atoms with Gasteiger partial charge in [-0.25, -0.2) is 9.97 Å². The highest BCUT2D eigenvalue weighted by atomic mass is 32.1. The van der Waals surface area contributed by atoms with Crippen LogP contribution in [0.5, 0.6) is 0 Å². The van der Waals surface area contributed by atoms with Crippen molar-refractivity contribution in [2.24, 2.45) is 0 Å². The average Bonchev–Trinajstić information content (AvgIpc) is 4.00. The van der Waals surface area contributed by atoms with E-state index in [1.165, 1.54) is 21.5 Å². The molecule has 0 radical (unpaired) electrons. The van der Waals surface area contributed by atoms with Crippen LogP contribution in [0.2, 0.25) is 0 Å². The van der Waals surface area contributed by atoms with E-state index in [9.17, 15) is 0 Å². The normalized spacial score (nSPS) is 12.1. The molecule has 0 unspecified atom stereocenters. The molecule has 0 bridgehead atoms. The first-order valence-electron chi connectivity index (χ1n) is 19.8. The smallest absolute Gasteiger partial charge is 0.143 e. The zero-order valence-electron chi connectivity index (χ0n) is 31.4. The maximum atomic E-state index is 6.59. The molecule has 0 aliphatic rings. The van der Waals surface area contributed by atoms with Gasteiger partial charge in [0, 0.05) is 48.3 Å². The van der Waals surface area contributed by atoms with Crippen LogP contribution in [-0.4, -0.2) is 9.97 Å². The minimum absolute atomic E-state index is 0.834. The molecule has 0 saturated heterocycles. The van der Waals surface area contributed by atoms with Gasteiger partial charge in [-0.05, 0) is 80.2 Å². The zero-order valence-corrected chi connectivity index (χ0v) is 32.3. The van der Waals surface area contributed by atoms with Crippen LogP contribution in [0.4, 0.5) is 0 Å². The van der Waals surface area contributed by atoms with Crippen molar-refractivity contribution < 1.29 is 8.83 Å². The Balaban J connectivity index is 0.891. The number of hydrogen-bond acceptors (Lipinski definition) is 5. The summed E-state index contributed by atoms with van der Waals surface area (Å²) in [5, 5.41) is 10.5. The van der Waals surface area contributed by atoms with Gasteiger partial charge in [-0.1, -0.05) is 140 Å². The first-order valence-corrected chi connectivity index (χ1v) is 20.6. The van der Waals surface area contributed by atoms with Crippen molar-refractivity contribution in [2.45, 2.75) is 0 Å².